The predicted octanol–water partition coefficient (Wildman–Crippen LogP) is 2.92. The monoisotopic (exact) mass is 533 g/mol. The molecule has 1 N–H and O–H groups in total. The van der Waals surface area contributed by atoms with Gasteiger partial charge < -0.3 is 24.5 Å². The first-order valence-electron chi connectivity index (χ1n) is 14.5. The summed E-state index contributed by atoms with van der Waals surface area (Å²) in [7, 11) is 0. The number of nitrogens with zero attached hydrogens (tertiary/aromatic N) is 3. The summed E-state index contributed by atoms with van der Waals surface area (Å²) in [5, 5.41) is 10.5. The van der Waals surface area contributed by atoms with Crippen molar-refractivity contribution in [2.75, 3.05) is 24.6 Å². The molecule has 6 rings (SSSR count). The van der Waals surface area contributed by atoms with Gasteiger partial charge in [0.05, 0.1) is 30.6 Å². The Hall–Kier alpha value is -2.97. The zero-order chi connectivity index (χ0) is 27.3. The standard InChI is InChI=1S/C31H39N3O5/c1-20(2)23(19-35)34-27-30(38)33(22-13-7-4-8-14-22)18-10-16-31(27)26(29(34)37)25-24(39-31)15-9-17-32(28(25)36)21-11-5-3-6-12-21/h3,5-6,9-12,15-16,20,22-27,35H,4,7-8,13-14,17-19H2,1-2H3/t23-,24-,25+,26-,27?,31-/m0/s1. The van der Waals surface area contributed by atoms with E-state index in [0.29, 0.717) is 13.1 Å². The van der Waals surface area contributed by atoms with E-state index in [1.54, 1.807) is 9.80 Å². The minimum Gasteiger partial charge on any atom is -0.394 e. The van der Waals surface area contributed by atoms with E-state index in [1.165, 1.54) is 6.42 Å². The highest BCUT2D eigenvalue weighted by Gasteiger charge is 2.72. The van der Waals surface area contributed by atoms with E-state index in [4.69, 9.17) is 4.74 Å². The Bertz CT molecular complexity index is 1180. The van der Waals surface area contributed by atoms with Crippen LogP contribution in [0.25, 0.3) is 0 Å². The smallest absolute Gasteiger partial charge is 0.249 e. The molecule has 8 nitrogen and oxygen atoms in total. The Morgan fingerprint density at radius 1 is 0.974 bits per heavy atom. The maximum absolute atomic E-state index is 14.5. The van der Waals surface area contributed by atoms with Crippen molar-refractivity contribution in [3.05, 3.63) is 54.6 Å². The van der Waals surface area contributed by atoms with Gasteiger partial charge in [0.15, 0.2) is 0 Å². The zero-order valence-electron chi connectivity index (χ0n) is 22.8. The van der Waals surface area contributed by atoms with Crippen molar-refractivity contribution in [2.45, 2.75) is 75.8 Å². The Labute approximate surface area is 230 Å². The van der Waals surface area contributed by atoms with E-state index >= 15 is 0 Å². The number of anilines is 1. The van der Waals surface area contributed by atoms with Crippen molar-refractivity contribution in [2.24, 2.45) is 17.8 Å². The lowest BCUT2D eigenvalue weighted by Crippen LogP contribution is -2.60. The number of para-hydroxylation sites is 1. The predicted molar refractivity (Wildman–Crippen MR) is 147 cm³/mol. The molecule has 1 saturated carbocycles. The summed E-state index contributed by atoms with van der Waals surface area (Å²) in [6.07, 6.45) is 12.3. The summed E-state index contributed by atoms with van der Waals surface area (Å²) in [5.74, 6) is -2.29. The summed E-state index contributed by atoms with van der Waals surface area (Å²) >= 11 is 0. The number of amides is 3. The van der Waals surface area contributed by atoms with Crippen molar-refractivity contribution >= 4 is 23.4 Å². The highest BCUT2D eigenvalue weighted by Crippen LogP contribution is 2.54. The Morgan fingerprint density at radius 2 is 1.72 bits per heavy atom. The lowest BCUT2D eigenvalue weighted by molar-refractivity contribution is -0.153. The number of rotatable bonds is 5. The van der Waals surface area contributed by atoms with Crippen LogP contribution < -0.4 is 4.90 Å². The molecular weight excluding hydrogens is 494 g/mol. The summed E-state index contributed by atoms with van der Waals surface area (Å²) in [6.45, 7) is 4.48. The average Bonchev–Trinajstić information content (AvgIpc) is 3.25. The fourth-order valence-electron chi connectivity index (χ4n) is 7.63. The topological polar surface area (TPSA) is 90.4 Å². The second kappa shape index (κ2) is 10.2. The van der Waals surface area contributed by atoms with Gasteiger partial charge in [-0.2, -0.15) is 0 Å². The van der Waals surface area contributed by atoms with Gasteiger partial charge in [0, 0.05) is 24.8 Å². The number of hydrogen-bond acceptors (Lipinski definition) is 5. The first-order chi connectivity index (χ1) is 18.9. The number of carbonyl (C=O) groups excluding carboxylic acids is 3. The van der Waals surface area contributed by atoms with Crippen LogP contribution in [0.3, 0.4) is 0 Å². The molecular formula is C31H39N3O5. The third kappa shape index (κ3) is 4.06. The van der Waals surface area contributed by atoms with E-state index in [1.807, 2.05) is 73.4 Å². The molecule has 5 aliphatic rings. The molecule has 1 unspecified atom stereocenters. The van der Waals surface area contributed by atoms with Gasteiger partial charge in [-0.25, -0.2) is 0 Å². The van der Waals surface area contributed by atoms with Crippen LogP contribution in [-0.4, -0.2) is 82.2 Å². The first-order valence-corrected chi connectivity index (χ1v) is 14.5. The number of ether oxygens (including phenoxy) is 1. The molecule has 8 heteroatoms. The van der Waals surface area contributed by atoms with Crippen molar-refractivity contribution in [3.63, 3.8) is 0 Å². The Kier molecular flexibility index (Phi) is 6.88. The highest BCUT2D eigenvalue weighted by molar-refractivity contribution is 6.04. The fraction of sp³-hybridized carbons (Fsp3) is 0.581. The number of fused-ring (bicyclic) bond motifs is 2. The maximum atomic E-state index is 14.5. The summed E-state index contributed by atoms with van der Waals surface area (Å²) in [6, 6.07) is 8.10. The van der Waals surface area contributed by atoms with Crippen molar-refractivity contribution < 1.29 is 24.2 Å². The van der Waals surface area contributed by atoms with Gasteiger partial charge in [0.1, 0.15) is 11.6 Å². The van der Waals surface area contributed by atoms with Gasteiger partial charge in [0.25, 0.3) is 0 Å². The number of aliphatic hydroxyl groups excluding tert-OH is 1. The summed E-state index contributed by atoms with van der Waals surface area (Å²) < 4.78 is 6.76. The molecule has 3 fully saturated rings. The van der Waals surface area contributed by atoms with E-state index < -0.39 is 35.6 Å². The fourth-order valence-corrected chi connectivity index (χ4v) is 7.63. The maximum Gasteiger partial charge on any atom is 0.249 e. The average molecular weight is 534 g/mol. The molecule has 6 atom stereocenters. The molecule has 1 aromatic rings. The molecule has 0 radical (unpaired) electrons. The number of hydrogen-bond donors (Lipinski definition) is 1. The van der Waals surface area contributed by atoms with Gasteiger partial charge in [-0.1, -0.05) is 75.6 Å². The molecule has 1 aliphatic carbocycles. The Morgan fingerprint density at radius 3 is 2.41 bits per heavy atom. The van der Waals surface area contributed by atoms with Crippen LogP contribution in [0.2, 0.25) is 0 Å². The van der Waals surface area contributed by atoms with Crippen LogP contribution in [0.15, 0.2) is 54.6 Å². The first kappa shape index (κ1) is 26.3. The lowest BCUT2D eigenvalue weighted by Gasteiger charge is -2.42. The molecule has 39 heavy (non-hydrogen) atoms. The minimum atomic E-state index is -1.27. The zero-order valence-corrected chi connectivity index (χ0v) is 22.8. The highest BCUT2D eigenvalue weighted by atomic mass is 16.5. The van der Waals surface area contributed by atoms with Crippen molar-refractivity contribution in [1.82, 2.24) is 9.80 Å². The van der Waals surface area contributed by atoms with Gasteiger partial charge in [-0.15, -0.1) is 0 Å². The quantitative estimate of drug-likeness (QED) is 0.588. The van der Waals surface area contributed by atoms with E-state index in [0.717, 1.165) is 31.4 Å². The van der Waals surface area contributed by atoms with Gasteiger partial charge in [0.2, 0.25) is 17.7 Å². The van der Waals surface area contributed by atoms with Crippen LogP contribution >= 0.6 is 0 Å². The number of aliphatic hydroxyl groups is 1. The van der Waals surface area contributed by atoms with Crippen LogP contribution in [0.1, 0.15) is 46.0 Å². The molecule has 0 aromatic heterocycles. The van der Waals surface area contributed by atoms with Crippen LogP contribution in [0, 0.1) is 17.8 Å². The molecule has 4 heterocycles. The Balaban J connectivity index is 1.45. The van der Waals surface area contributed by atoms with Gasteiger partial charge >= 0.3 is 0 Å². The summed E-state index contributed by atoms with van der Waals surface area (Å²) in [4.78, 5) is 48.4. The third-order valence-corrected chi connectivity index (χ3v) is 9.53. The number of carbonyl (C=O) groups is 3. The van der Waals surface area contributed by atoms with Gasteiger partial charge in [-0.05, 0) is 30.9 Å². The lowest BCUT2D eigenvalue weighted by atomic mass is 9.77. The van der Waals surface area contributed by atoms with E-state index in [9.17, 15) is 19.5 Å². The van der Waals surface area contributed by atoms with E-state index in [-0.39, 0.29) is 36.3 Å². The number of likely N-dealkylation sites (tertiary alicyclic amines) is 1. The molecule has 1 aromatic carbocycles. The minimum absolute atomic E-state index is 0.0839. The molecule has 0 bridgehead atoms. The SMILES string of the molecule is CC(C)[C@H](CO)N1C(=O)[C@@H]2[C@@H]3C(=O)N(c4ccccc4)CC=C[C@@H]3O[C@@]23C=CCN(C2CCCCC2)C(=O)C13. The van der Waals surface area contributed by atoms with E-state index in [2.05, 4.69) is 0 Å². The summed E-state index contributed by atoms with van der Waals surface area (Å²) in [5.41, 5.74) is -0.506. The second-order valence-electron chi connectivity index (χ2n) is 12.0. The van der Waals surface area contributed by atoms with Crippen molar-refractivity contribution in [3.8, 4) is 0 Å². The third-order valence-electron chi connectivity index (χ3n) is 9.53. The van der Waals surface area contributed by atoms with Gasteiger partial charge in [-0.3, -0.25) is 14.4 Å². The van der Waals surface area contributed by atoms with Crippen LogP contribution in [0.5, 0.6) is 0 Å². The molecule has 3 amide bonds. The molecule has 1 spiro atoms. The van der Waals surface area contributed by atoms with Crippen LogP contribution in [-0.2, 0) is 19.1 Å². The number of benzene rings is 1. The largest absolute Gasteiger partial charge is 0.394 e. The molecule has 2 saturated heterocycles. The van der Waals surface area contributed by atoms with Crippen LogP contribution in [0.4, 0.5) is 5.69 Å². The normalized spacial score (nSPS) is 33.7. The second-order valence-corrected chi connectivity index (χ2v) is 12.0. The van der Waals surface area contributed by atoms with Crippen molar-refractivity contribution in [1.29, 1.82) is 0 Å². The molecule has 208 valence electrons. The molecule has 4 aliphatic heterocycles.